The summed E-state index contributed by atoms with van der Waals surface area (Å²) in [6.45, 7) is 4.93. The Bertz CT molecular complexity index is 720. The first kappa shape index (κ1) is 19.7. The van der Waals surface area contributed by atoms with Gasteiger partial charge in [-0.05, 0) is 44.2 Å². The van der Waals surface area contributed by atoms with Crippen LogP contribution in [0, 0.1) is 11.6 Å². The zero-order chi connectivity index (χ0) is 19.2. The van der Waals surface area contributed by atoms with E-state index in [1.54, 1.807) is 0 Å². The van der Waals surface area contributed by atoms with Crippen LogP contribution in [0.5, 0.6) is 0 Å². The maximum Gasteiger partial charge on any atom is 0.271 e. The Morgan fingerprint density at radius 2 is 1.85 bits per heavy atom. The van der Waals surface area contributed by atoms with Gasteiger partial charge in [-0.3, -0.25) is 10.0 Å². The van der Waals surface area contributed by atoms with Crippen LogP contribution in [0.1, 0.15) is 44.6 Å². The van der Waals surface area contributed by atoms with Gasteiger partial charge in [-0.15, -0.1) is 0 Å². The van der Waals surface area contributed by atoms with Crippen molar-refractivity contribution in [3.8, 4) is 0 Å². The minimum atomic E-state index is -0.720. The average molecular weight is 364 g/mol. The molecule has 0 aromatic heterocycles. The summed E-state index contributed by atoms with van der Waals surface area (Å²) in [6.07, 6.45) is 5.35. The van der Waals surface area contributed by atoms with E-state index in [2.05, 4.69) is 22.0 Å². The van der Waals surface area contributed by atoms with E-state index in [1.807, 2.05) is 0 Å². The molecule has 2 rings (SSSR count). The maximum atomic E-state index is 13.7. The number of hydrogen-bond donors (Lipinski definition) is 3. The van der Waals surface area contributed by atoms with E-state index in [0.717, 1.165) is 25.3 Å². The van der Waals surface area contributed by atoms with E-state index >= 15 is 0 Å². The molecule has 140 valence electrons. The standard InChI is InChI=1S/C18H22F2N4O2/c1-12(16(25)24-26)11-22-17(21-2)23-18(6-4-3-5-7-18)13-8-14(19)10-15(20)9-13/h8-11,26H,2-7H2,1H3,(H,22,23)(H,24,25)/b12-11+. The maximum absolute atomic E-state index is 13.7. The van der Waals surface area contributed by atoms with E-state index < -0.39 is 23.1 Å². The van der Waals surface area contributed by atoms with Crippen LogP contribution in [0.4, 0.5) is 8.78 Å². The predicted molar refractivity (Wildman–Crippen MR) is 94.9 cm³/mol. The van der Waals surface area contributed by atoms with Crippen LogP contribution in [-0.4, -0.2) is 23.8 Å². The molecule has 0 saturated heterocycles. The molecule has 0 spiro atoms. The lowest BCUT2D eigenvalue weighted by Gasteiger charge is -2.39. The van der Waals surface area contributed by atoms with Crippen molar-refractivity contribution in [2.24, 2.45) is 9.98 Å². The van der Waals surface area contributed by atoms with Gasteiger partial charge in [-0.25, -0.2) is 24.2 Å². The summed E-state index contributed by atoms with van der Waals surface area (Å²) in [5, 5.41) is 11.8. The lowest BCUT2D eigenvalue weighted by molar-refractivity contribution is -0.125. The van der Waals surface area contributed by atoms with E-state index in [-0.39, 0.29) is 11.5 Å². The smallest absolute Gasteiger partial charge is 0.271 e. The Labute approximate surface area is 150 Å². The van der Waals surface area contributed by atoms with Gasteiger partial charge in [0.2, 0.25) is 5.96 Å². The number of guanidine groups is 1. The molecule has 1 aromatic carbocycles. The predicted octanol–water partition coefficient (Wildman–Crippen LogP) is 3.18. The SMILES string of the molecule is C=N/C(=N\C=C(/C)C(=O)NO)NC1(c2cc(F)cc(F)c2)CCCCC1. The third-order valence-electron chi connectivity index (χ3n) is 4.46. The molecule has 1 amide bonds. The Hall–Kier alpha value is -2.61. The monoisotopic (exact) mass is 364 g/mol. The topological polar surface area (TPSA) is 86.1 Å². The molecule has 1 aliphatic rings. The molecule has 1 saturated carbocycles. The molecule has 8 heteroatoms. The number of hydroxylamine groups is 1. The van der Waals surface area contributed by atoms with Gasteiger partial charge in [-0.1, -0.05) is 19.3 Å². The van der Waals surface area contributed by atoms with E-state index in [4.69, 9.17) is 5.21 Å². The first-order valence-electron chi connectivity index (χ1n) is 8.31. The van der Waals surface area contributed by atoms with Gasteiger partial charge >= 0.3 is 0 Å². The van der Waals surface area contributed by atoms with Crippen LogP contribution >= 0.6 is 0 Å². The van der Waals surface area contributed by atoms with Crippen molar-refractivity contribution in [1.29, 1.82) is 0 Å². The van der Waals surface area contributed by atoms with Gasteiger partial charge < -0.3 is 5.32 Å². The lowest BCUT2D eigenvalue weighted by Crippen LogP contribution is -2.46. The van der Waals surface area contributed by atoms with Crippen LogP contribution in [0.15, 0.2) is 40.0 Å². The number of hydrogen-bond acceptors (Lipinski definition) is 3. The summed E-state index contributed by atoms with van der Waals surface area (Å²) in [4.78, 5) is 19.2. The largest absolute Gasteiger partial charge is 0.345 e. The fourth-order valence-corrected chi connectivity index (χ4v) is 3.10. The van der Waals surface area contributed by atoms with E-state index in [1.165, 1.54) is 30.7 Å². The second-order valence-corrected chi connectivity index (χ2v) is 6.29. The Morgan fingerprint density at radius 1 is 1.23 bits per heavy atom. The minimum Gasteiger partial charge on any atom is -0.345 e. The highest BCUT2D eigenvalue weighted by molar-refractivity contribution is 5.92. The van der Waals surface area contributed by atoms with E-state index in [0.29, 0.717) is 18.4 Å². The number of carbonyl (C=O) groups is 1. The Morgan fingerprint density at radius 3 is 2.38 bits per heavy atom. The molecule has 0 bridgehead atoms. The fourth-order valence-electron chi connectivity index (χ4n) is 3.10. The summed E-state index contributed by atoms with van der Waals surface area (Å²) in [7, 11) is 0. The highest BCUT2D eigenvalue weighted by atomic mass is 19.1. The van der Waals surface area contributed by atoms with Crippen molar-refractivity contribution < 1.29 is 18.8 Å². The average Bonchev–Trinajstić information content (AvgIpc) is 2.64. The van der Waals surface area contributed by atoms with E-state index in [9.17, 15) is 13.6 Å². The van der Waals surface area contributed by atoms with Crippen molar-refractivity contribution in [3.63, 3.8) is 0 Å². The molecule has 1 aromatic rings. The van der Waals surface area contributed by atoms with Gasteiger partial charge in [0.05, 0.1) is 5.54 Å². The highest BCUT2D eigenvalue weighted by Crippen LogP contribution is 2.37. The summed E-state index contributed by atoms with van der Waals surface area (Å²) in [5.74, 6) is -1.86. The van der Waals surface area contributed by atoms with Gasteiger partial charge in [0.15, 0.2) is 0 Å². The summed E-state index contributed by atoms with van der Waals surface area (Å²) < 4.78 is 27.5. The van der Waals surface area contributed by atoms with Crippen molar-refractivity contribution in [3.05, 3.63) is 47.2 Å². The Kier molecular flexibility index (Phi) is 6.57. The molecule has 0 atom stereocenters. The summed E-state index contributed by atoms with van der Waals surface area (Å²) in [6, 6.07) is 3.45. The molecule has 0 unspecified atom stereocenters. The minimum absolute atomic E-state index is 0.127. The molecule has 6 nitrogen and oxygen atoms in total. The first-order valence-corrected chi connectivity index (χ1v) is 8.31. The van der Waals surface area contributed by atoms with Gasteiger partial charge in [0, 0.05) is 17.8 Å². The van der Waals surface area contributed by atoms with Crippen molar-refractivity contribution in [2.45, 2.75) is 44.6 Å². The second kappa shape index (κ2) is 8.66. The van der Waals surface area contributed by atoms with Crippen LogP contribution < -0.4 is 10.8 Å². The fraction of sp³-hybridized carbons (Fsp3) is 0.389. The molecule has 0 heterocycles. The number of halogens is 2. The number of nitrogens with zero attached hydrogens (tertiary/aromatic N) is 2. The molecular weight excluding hydrogens is 342 g/mol. The quantitative estimate of drug-likeness (QED) is 0.252. The molecule has 0 aliphatic heterocycles. The first-order chi connectivity index (χ1) is 12.4. The lowest BCUT2D eigenvalue weighted by atomic mass is 9.76. The molecule has 0 radical (unpaired) electrons. The molecule has 3 N–H and O–H groups in total. The van der Waals surface area contributed by atoms with Crippen molar-refractivity contribution in [1.82, 2.24) is 10.8 Å². The highest BCUT2D eigenvalue weighted by Gasteiger charge is 2.35. The normalized spacial score (nSPS) is 17.5. The third kappa shape index (κ3) is 4.72. The third-order valence-corrected chi connectivity index (χ3v) is 4.46. The number of aliphatic imine (C=N–C) groups is 2. The van der Waals surface area contributed by atoms with Crippen LogP contribution in [-0.2, 0) is 10.3 Å². The van der Waals surface area contributed by atoms with Crippen LogP contribution in [0.2, 0.25) is 0 Å². The number of benzene rings is 1. The van der Waals surface area contributed by atoms with Gasteiger partial charge in [-0.2, -0.15) is 0 Å². The number of nitrogens with one attached hydrogen (secondary N) is 2. The van der Waals surface area contributed by atoms with Crippen molar-refractivity contribution in [2.75, 3.05) is 0 Å². The second-order valence-electron chi connectivity index (χ2n) is 6.29. The van der Waals surface area contributed by atoms with Crippen LogP contribution in [0.3, 0.4) is 0 Å². The van der Waals surface area contributed by atoms with Crippen LogP contribution in [0.25, 0.3) is 0 Å². The summed E-state index contributed by atoms with van der Waals surface area (Å²) in [5.41, 5.74) is 1.43. The molecule has 1 fully saturated rings. The molecule has 26 heavy (non-hydrogen) atoms. The summed E-state index contributed by atoms with van der Waals surface area (Å²) >= 11 is 0. The zero-order valence-electron chi connectivity index (χ0n) is 14.6. The molecule has 1 aliphatic carbocycles. The Balaban J connectivity index is 2.37. The van der Waals surface area contributed by atoms with Crippen molar-refractivity contribution >= 4 is 18.6 Å². The number of amides is 1. The number of carbonyl (C=O) groups excluding carboxylic acids is 1. The number of rotatable bonds is 4. The zero-order valence-corrected chi connectivity index (χ0v) is 14.6. The molecular formula is C18H22F2N4O2. The van der Waals surface area contributed by atoms with Gasteiger partial charge in [0.25, 0.3) is 5.91 Å². The van der Waals surface area contributed by atoms with Gasteiger partial charge in [0.1, 0.15) is 11.6 Å².